The molecule has 9 nitrogen and oxygen atoms in total. The number of amides is 1. The summed E-state index contributed by atoms with van der Waals surface area (Å²) in [5, 5.41) is 7.10. The molecule has 0 radical (unpaired) electrons. The van der Waals surface area contributed by atoms with E-state index in [0.29, 0.717) is 57.4 Å². The zero-order chi connectivity index (χ0) is 29.9. The predicted octanol–water partition coefficient (Wildman–Crippen LogP) is 4.78. The molecule has 42 heavy (non-hydrogen) atoms. The molecular formula is C28H33ClF4N4O5. The lowest BCUT2D eigenvalue weighted by Crippen LogP contribution is -2.51. The van der Waals surface area contributed by atoms with Crippen molar-refractivity contribution in [2.24, 2.45) is 0 Å². The standard InChI is InChI=1S/C28H33ClF4N4O5/c29-24-22(34-16-27(30)10-1-11-41-17-27)14-35-37(26(24)39)21-8-6-20(7-9-21)36(25(38)23-15-40-12-13-42-23)19-4-2-18(3-5-19)28(31,32)33/h2-5,14,20-21,23,34H,1,6-13,15-17H2/t20-,21-,23-,27-/m0/s1. The van der Waals surface area contributed by atoms with Gasteiger partial charge < -0.3 is 24.4 Å². The van der Waals surface area contributed by atoms with E-state index in [2.05, 4.69) is 10.4 Å². The number of rotatable bonds is 7. The minimum atomic E-state index is -4.50. The number of carbonyl (C=O) groups is 1. The molecule has 1 saturated carbocycles. The van der Waals surface area contributed by atoms with Gasteiger partial charge in [-0.25, -0.2) is 9.07 Å². The minimum absolute atomic E-state index is 0.0305. The summed E-state index contributed by atoms with van der Waals surface area (Å²) in [6.45, 7) is 1.08. The van der Waals surface area contributed by atoms with E-state index in [4.69, 9.17) is 25.8 Å². The Morgan fingerprint density at radius 1 is 1.12 bits per heavy atom. The summed E-state index contributed by atoms with van der Waals surface area (Å²) >= 11 is 6.36. The van der Waals surface area contributed by atoms with E-state index < -0.39 is 29.1 Å². The van der Waals surface area contributed by atoms with Gasteiger partial charge in [0.15, 0.2) is 11.8 Å². The van der Waals surface area contributed by atoms with Gasteiger partial charge in [-0.15, -0.1) is 0 Å². The van der Waals surface area contributed by atoms with Crippen LogP contribution in [0.1, 0.15) is 50.1 Å². The molecule has 1 amide bonds. The Morgan fingerprint density at radius 2 is 1.86 bits per heavy atom. The number of anilines is 2. The fraction of sp³-hybridized carbons (Fsp3) is 0.607. The number of aromatic nitrogens is 2. The van der Waals surface area contributed by atoms with E-state index in [9.17, 15) is 27.2 Å². The van der Waals surface area contributed by atoms with Gasteiger partial charge in [-0.3, -0.25) is 9.59 Å². The third-order valence-electron chi connectivity index (χ3n) is 7.99. The number of halogens is 5. The largest absolute Gasteiger partial charge is 0.416 e. The highest BCUT2D eigenvalue weighted by atomic mass is 35.5. The summed E-state index contributed by atoms with van der Waals surface area (Å²) in [5.74, 6) is -0.388. The molecule has 0 bridgehead atoms. The zero-order valence-electron chi connectivity index (χ0n) is 22.9. The van der Waals surface area contributed by atoms with Crippen molar-refractivity contribution >= 4 is 28.9 Å². The van der Waals surface area contributed by atoms with Crippen LogP contribution in [-0.2, 0) is 25.2 Å². The summed E-state index contributed by atoms with van der Waals surface area (Å²) in [7, 11) is 0. The lowest BCUT2D eigenvalue weighted by atomic mass is 9.89. The molecule has 0 unspecified atom stereocenters. The van der Waals surface area contributed by atoms with Gasteiger partial charge >= 0.3 is 6.18 Å². The van der Waals surface area contributed by atoms with E-state index in [0.717, 1.165) is 12.1 Å². The van der Waals surface area contributed by atoms with Crippen LogP contribution in [0.25, 0.3) is 0 Å². The first-order valence-corrected chi connectivity index (χ1v) is 14.4. The number of ether oxygens (including phenoxy) is 3. The van der Waals surface area contributed by atoms with Crippen LogP contribution in [0.2, 0.25) is 5.02 Å². The van der Waals surface area contributed by atoms with Crippen molar-refractivity contribution in [2.75, 3.05) is 49.8 Å². The topological polar surface area (TPSA) is 94.9 Å². The lowest BCUT2D eigenvalue weighted by molar-refractivity contribution is -0.145. The summed E-state index contributed by atoms with van der Waals surface area (Å²) in [6.07, 6.45) is -1.16. The first-order chi connectivity index (χ1) is 20.1. The number of hydrogen-bond acceptors (Lipinski definition) is 7. The fourth-order valence-electron chi connectivity index (χ4n) is 5.72. The van der Waals surface area contributed by atoms with Gasteiger partial charge in [-0.2, -0.15) is 18.3 Å². The van der Waals surface area contributed by atoms with Crippen molar-refractivity contribution in [2.45, 2.75) is 68.6 Å². The van der Waals surface area contributed by atoms with Crippen molar-refractivity contribution < 1.29 is 36.6 Å². The van der Waals surface area contributed by atoms with Crippen LogP contribution >= 0.6 is 11.6 Å². The van der Waals surface area contributed by atoms with Crippen molar-refractivity contribution in [1.82, 2.24) is 9.78 Å². The Labute approximate surface area is 245 Å². The second-order valence-electron chi connectivity index (χ2n) is 10.9. The fourth-order valence-corrected chi connectivity index (χ4v) is 5.92. The smallest absolute Gasteiger partial charge is 0.379 e. The number of alkyl halides is 4. The van der Waals surface area contributed by atoms with Gasteiger partial charge in [0.25, 0.3) is 11.5 Å². The highest BCUT2D eigenvalue weighted by Crippen LogP contribution is 2.36. The maximum Gasteiger partial charge on any atom is 0.416 e. The average Bonchev–Trinajstić information content (AvgIpc) is 2.99. The van der Waals surface area contributed by atoms with Crippen molar-refractivity contribution in [3.63, 3.8) is 0 Å². The normalized spacial score (nSPS) is 26.9. The molecular weight excluding hydrogens is 584 g/mol. The summed E-state index contributed by atoms with van der Waals surface area (Å²) in [4.78, 5) is 28.1. The van der Waals surface area contributed by atoms with E-state index in [1.165, 1.54) is 27.9 Å². The number of hydrogen-bond donors (Lipinski definition) is 1. The van der Waals surface area contributed by atoms with Gasteiger partial charge in [-0.05, 0) is 62.8 Å². The van der Waals surface area contributed by atoms with Crippen LogP contribution in [0.4, 0.5) is 28.9 Å². The van der Waals surface area contributed by atoms with Gasteiger partial charge in [0.05, 0.1) is 56.5 Å². The van der Waals surface area contributed by atoms with Gasteiger partial charge in [0.2, 0.25) is 0 Å². The van der Waals surface area contributed by atoms with E-state index in [1.807, 2.05) is 0 Å². The number of carbonyl (C=O) groups excluding carboxylic acids is 1. The lowest BCUT2D eigenvalue weighted by Gasteiger charge is -2.39. The highest BCUT2D eigenvalue weighted by molar-refractivity contribution is 6.32. The second kappa shape index (κ2) is 12.9. The molecule has 0 spiro atoms. The van der Waals surface area contributed by atoms with Crippen LogP contribution in [0, 0.1) is 0 Å². The van der Waals surface area contributed by atoms with Crippen LogP contribution in [-0.4, -0.2) is 73.1 Å². The predicted molar refractivity (Wildman–Crippen MR) is 147 cm³/mol. The molecule has 14 heteroatoms. The van der Waals surface area contributed by atoms with Crippen molar-refractivity contribution in [3.05, 3.63) is 51.4 Å². The maximum atomic E-state index is 14.9. The highest BCUT2D eigenvalue weighted by Gasteiger charge is 2.37. The Hall–Kier alpha value is -2.74. The summed E-state index contributed by atoms with van der Waals surface area (Å²) < 4.78 is 72.0. The Balaban J connectivity index is 1.29. The molecule has 2 aliphatic heterocycles. The molecule has 3 aliphatic rings. The second-order valence-corrected chi connectivity index (χ2v) is 11.3. The maximum absolute atomic E-state index is 14.9. The third-order valence-corrected chi connectivity index (χ3v) is 8.36. The molecule has 2 aromatic rings. The zero-order valence-corrected chi connectivity index (χ0v) is 23.6. The summed E-state index contributed by atoms with van der Waals surface area (Å²) in [6, 6.07) is 3.82. The molecule has 3 heterocycles. The number of nitrogens with one attached hydrogen (secondary N) is 1. The van der Waals surface area contributed by atoms with Crippen LogP contribution < -0.4 is 15.8 Å². The minimum Gasteiger partial charge on any atom is -0.379 e. The van der Waals surface area contributed by atoms with E-state index >= 15 is 0 Å². The molecule has 230 valence electrons. The van der Waals surface area contributed by atoms with Gasteiger partial charge in [-0.1, -0.05) is 11.6 Å². The third kappa shape index (κ3) is 6.90. The Bertz CT molecular complexity index is 1290. The van der Waals surface area contributed by atoms with Crippen LogP contribution in [0.3, 0.4) is 0 Å². The first kappa shape index (κ1) is 30.7. The number of benzene rings is 1. The first-order valence-electron chi connectivity index (χ1n) is 14.0. The van der Waals surface area contributed by atoms with Crippen molar-refractivity contribution in [3.8, 4) is 0 Å². The van der Waals surface area contributed by atoms with E-state index in [1.54, 1.807) is 0 Å². The molecule has 5 rings (SSSR count). The molecule has 1 aromatic heterocycles. The van der Waals surface area contributed by atoms with Crippen molar-refractivity contribution in [1.29, 1.82) is 0 Å². The van der Waals surface area contributed by atoms with E-state index in [-0.39, 0.29) is 55.1 Å². The van der Waals surface area contributed by atoms with Gasteiger partial charge in [0.1, 0.15) is 5.02 Å². The molecule has 1 aliphatic carbocycles. The van der Waals surface area contributed by atoms with Crippen LogP contribution in [0.15, 0.2) is 35.3 Å². The molecule has 2 atom stereocenters. The monoisotopic (exact) mass is 616 g/mol. The number of nitrogens with zero attached hydrogens (tertiary/aromatic N) is 3. The Morgan fingerprint density at radius 3 is 2.48 bits per heavy atom. The molecule has 3 fully saturated rings. The quantitative estimate of drug-likeness (QED) is 0.448. The molecule has 1 N–H and O–H groups in total. The van der Waals surface area contributed by atoms with Crippen LogP contribution in [0.5, 0.6) is 0 Å². The van der Waals surface area contributed by atoms with Gasteiger partial charge in [0, 0.05) is 18.3 Å². The Kier molecular flexibility index (Phi) is 9.41. The molecule has 1 aromatic carbocycles. The average molecular weight is 617 g/mol. The SMILES string of the molecule is O=C([C@@H]1COCCO1)N(c1ccc(C(F)(F)F)cc1)[C@H]1CC[C@H](n2ncc(NC[C@@]3(F)CCCOC3)c(Cl)c2=O)CC1. The molecule has 2 saturated heterocycles. The summed E-state index contributed by atoms with van der Waals surface area (Å²) in [5.41, 5.74) is -2.31.